The number of thiophene rings is 1. The first-order valence-electron chi connectivity index (χ1n) is 6.48. The van der Waals surface area contributed by atoms with Crippen LogP contribution in [-0.4, -0.2) is 55.0 Å². The van der Waals surface area contributed by atoms with Gasteiger partial charge in [-0.05, 0) is 19.1 Å². The zero-order valence-corrected chi connectivity index (χ0v) is 12.9. The number of carbonyl (C=O) groups excluding carboxylic acids is 1. The van der Waals surface area contributed by atoms with Crippen LogP contribution in [0.2, 0.25) is 4.34 Å². The average molecular weight is 302 g/mol. The van der Waals surface area contributed by atoms with Crippen LogP contribution in [0, 0.1) is 0 Å². The Bertz CT molecular complexity index is 437. The van der Waals surface area contributed by atoms with E-state index >= 15 is 0 Å². The van der Waals surface area contributed by atoms with Crippen LogP contribution in [0.3, 0.4) is 0 Å². The van der Waals surface area contributed by atoms with Gasteiger partial charge in [0.1, 0.15) is 0 Å². The first-order valence-corrected chi connectivity index (χ1v) is 7.68. The monoisotopic (exact) mass is 301 g/mol. The van der Waals surface area contributed by atoms with Gasteiger partial charge in [0.25, 0.3) is 0 Å². The van der Waals surface area contributed by atoms with E-state index in [9.17, 15) is 4.79 Å². The Morgan fingerprint density at radius 3 is 3.05 bits per heavy atom. The molecule has 2 heterocycles. The van der Waals surface area contributed by atoms with Gasteiger partial charge in [-0.3, -0.25) is 9.69 Å². The predicted octanol–water partition coefficient (Wildman–Crippen LogP) is 1.65. The first-order chi connectivity index (χ1) is 9.04. The van der Waals surface area contributed by atoms with Crippen molar-refractivity contribution in [2.75, 3.05) is 33.2 Å². The quantitative estimate of drug-likeness (QED) is 0.918. The SMILES string of the molecule is C[C@@H]1CN(CC(=O)N(C)Cc2ccc(Cl)s2)CCN1. The summed E-state index contributed by atoms with van der Waals surface area (Å²) in [5.41, 5.74) is 0. The minimum atomic E-state index is 0.165. The van der Waals surface area contributed by atoms with E-state index in [2.05, 4.69) is 17.1 Å². The Labute approximate surface area is 123 Å². The lowest BCUT2D eigenvalue weighted by Crippen LogP contribution is -2.51. The maximum Gasteiger partial charge on any atom is 0.236 e. The third kappa shape index (κ3) is 4.45. The molecule has 0 unspecified atom stereocenters. The van der Waals surface area contributed by atoms with Gasteiger partial charge in [0.2, 0.25) is 5.91 Å². The Balaban J connectivity index is 1.81. The number of carbonyl (C=O) groups is 1. The number of hydrogen-bond donors (Lipinski definition) is 1. The molecule has 0 spiro atoms. The molecule has 0 bridgehead atoms. The first kappa shape index (κ1) is 14.8. The molecule has 0 saturated carbocycles. The molecular formula is C13H20ClN3OS. The fourth-order valence-electron chi connectivity index (χ4n) is 2.23. The molecule has 4 nitrogen and oxygen atoms in total. The lowest BCUT2D eigenvalue weighted by Gasteiger charge is -2.32. The van der Waals surface area contributed by atoms with Crippen molar-refractivity contribution in [3.63, 3.8) is 0 Å². The number of hydrogen-bond acceptors (Lipinski definition) is 4. The molecule has 1 aromatic rings. The van der Waals surface area contributed by atoms with Crippen molar-refractivity contribution in [3.05, 3.63) is 21.3 Å². The molecule has 19 heavy (non-hydrogen) atoms. The Morgan fingerprint density at radius 1 is 1.63 bits per heavy atom. The summed E-state index contributed by atoms with van der Waals surface area (Å²) >= 11 is 7.42. The number of halogens is 1. The zero-order chi connectivity index (χ0) is 13.8. The Kier molecular flexibility index (Phi) is 5.21. The second-order valence-corrected chi connectivity index (χ2v) is 6.85. The van der Waals surface area contributed by atoms with Crippen LogP contribution in [0.25, 0.3) is 0 Å². The summed E-state index contributed by atoms with van der Waals surface area (Å²) in [6.07, 6.45) is 0. The van der Waals surface area contributed by atoms with Crippen molar-refractivity contribution in [2.24, 2.45) is 0 Å². The van der Waals surface area contributed by atoms with Crippen LogP contribution in [0.5, 0.6) is 0 Å². The molecule has 1 aromatic heterocycles. The van der Waals surface area contributed by atoms with Crippen molar-refractivity contribution in [3.8, 4) is 0 Å². The van der Waals surface area contributed by atoms with Crippen LogP contribution in [-0.2, 0) is 11.3 Å². The van der Waals surface area contributed by atoms with Gasteiger partial charge in [0, 0.05) is 37.6 Å². The summed E-state index contributed by atoms with van der Waals surface area (Å²) in [6, 6.07) is 4.31. The highest BCUT2D eigenvalue weighted by Crippen LogP contribution is 2.22. The summed E-state index contributed by atoms with van der Waals surface area (Å²) in [4.78, 5) is 17.3. The molecule has 1 aliphatic heterocycles. The number of rotatable bonds is 4. The molecule has 6 heteroatoms. The number of likely N-dealkylation sites (N-methyl/N-ethyl adjacent to an activating group) is 1. The maximum absolute atomic E-state index is 12.2. The molecule has 1 fully saturated rings. The van der Waals surface area contributed by atoms with Gasteiger partial charge < -0.3 is 10.2 Å². The van der Waals surface area contributed by atoms with Crippen LogP contribution in [0.15, 0.2) is 12.1 Å². The van der Waals surface area contributed by atoms with E-state index in [0.717, 1.165) is 28.8 Å². The van der Waals surface area contributed by atoms with E-state index in [1.165, 1.54) is 11.3 Å². The second kappa shape index (κ2) is 6.70. The van der Waals surface area contributed by atoms with Gasteiger partial charge in [-0.25, -0.2) is 0 Å². The summed E-state index contributed by atoms with van der Waals surface area (Å²) in [5, 5.41) is 3.38. The van der Waals surface area contributed by atoms with Crippen LogP contribution < -0.4 is 5.32 Å². The topological polar surface area (TPSA) is 35.6 Å². The third-order valence-corrected chi connectivity index (χ3v) is 4.48. The highest BCUT2D eigenvalue weighted by Gasteiger charge is 2.20. The highest BCUT2D eigenvalue weighted by molar-refractivity contribution is 7.16. The van der Waals surface area contributed by atoms with Gasteiger partial charge in [0.15, 0.2) is 0 Å². The van der Waals surface area contributed by atoms with Crippen molar-refractivity contribution in [2.45, 2.75) is 19.5 Å². The second-order valence-electron chi connectivity index (χ2n) is 5.05. The lowest BCUT2D eigenvalue weighted by molar-refractivity contribution is -0.131. The van der Waals surface area contributed by atoms with Crippen molar-refractivity contribution < 1.29 is 4.79 Å². The lowest BCUT2D eigenvalue weighted by atomic mass is 10.2. The van der Waals surface area contributed by atoms with E-state index in [-0.39, 0.29) is 5.91 Å². The fraction of sp³-hybridized carbons (Fsp3) is 0.615. The standard InChI is InChI=1S/C13H20ClN3OS/c1-10-7-17(6-5-15-10)9-13(18)16(2)8-11-3-4-12(14)19-11/h3-4,10,15H,5-9H2,1-2H3/t10-/m1/s1. The van der Waals surface area contributed by atoms with Gasteiger partial charge in [0.05, 0.1) is 17.4 Å². The van der Waals surface area contributed by atoms with Crippen LogP contribution in [0.4, 0.5) is 0 Å². The number of nitrogens with zero attached hydrogens (tertiary/aromatic N) is 2. The van der Waals surface area contributed by atoms with Gasteiger partial charge in [-0.15, -0.1) is 11.3 Å². The molecule has 0 radical (unpaired) electrons. The molecule has 0 aliphatic carbocycles. The zero-order valence-electron chi connectivity index (χ0n) is 11.4. The van der Waals surface area contributed by atoms with Crippen molar-refractivity contribution in [1.82, 2.24) is 15.1 Å². The van der Waals surface area contributed by atoms with E-state index in [1.807, 2.05) is 19.2 Å². The smallest absolute Gasteiger partial charge is 0.236 e. The Hall–Kier alpha value is -0.620. The summed E-state index contributed by atoms with van der Waals surface area (Å²) in [5.74, 6) is 0.165. The van der Waals surface area contributed by atoms with Crippen LogP contribution in [0.1, 0.15) is 11.8 Å². The van der Waals surface area contributed by atoms with Crippen LogP contribution >= 0.6 is 22.9 Å². The Morgan fingerprint density at radius 2 is 2.42 bits per heavy atom. The van der Waals surface area contributed by atoms with Crippen molar-refractivity contribution >= 4 is 28.8 Å². The van der Waals surface area contributed by atoms with Gasteiger partial charge >= 0.3 is 0 Å². The van der Waals surface area contributed by atoms with E-state index in [1.54, 1.807) is 4.90 Å². The summed E-state index contributed by atoms with van der Waals surface area (Å²) < 4.78 is 0.770. The number of nitrogens with one attached hydrogen (secondary N) is 1. The molecule has 1 atom stereocenters. The van der Waals surface area contributed by atoms with Gasteiger partial charge in [-0.2, -0.15) is 0 Å². The molecular weight excluding hydrogens is 282 g/mol. The van der Waals surface area contributed by atoms with E-state index in [4.69, 9.17) is 11.6 Å². The van der Waals surface area contributed by atoms with Gasteiger partial charge in [-0.1, -0.05) is 11.6 Å². The molecule has 1 saturated heterocycles. The molecule has 0 aromatic carbocycles. The average Bonchev–Trinajstić information content (AvgIpc) is 2.74. The molecule has 106 valence electrons. The third-order valence-electron chi connectivity index (χ3n) is 3.26. The molecule has 1 amide bonds. The highest BCUT2D eigenvalue weighted by atomic mass is 35.5. The number of amides is 1. The summed E-state index contributed by atoms with van der Waals surface area (Å²) in [7, 11) is 1.85. The molecule has 1 aliphatic rings. The number of piperazine rings is 1. The van der Waals surface area contributed by atoms with Crippen molar-refractivity contribution in [1.29, 1.82) is 0 Å². The summed E-state index contributed by atoms with van der Waals surface area (Å²) in [6.45, 7) is 6.12. The molecule has 1 N–H and O–H groups in total. The van der Waals surface area contributed by atoms with E-state index in [0.29, 0.717) is 19.1 Å². The normalized spacial score (nSPS) is 20.5. The maximum atomic E-state index is 12.2. The minimum absolute atomic E-state index is 0.165. The fourth-order valence-corrected chi connectivity index (χ4v) is 3.37. The predicted molar refractivity (Wildman–Crippen MR) is 79.7 cm³/mol. The molecule has 2 rings (SSSR count). The minimum Gasteiger partial charge on any atom is -0.340 e. The van der Waals surface area contributed by atoms with E-state index < -0.39 is 0 Å². The largest absolute Gasteiger partial charge is 0.340 e.